The SMILES string of the molecule is OCc1nnn(-c2ccc(F)cc2)c1C(Cl)(Cl)Cl. The maximum atomic E-state index is 12.8. The molecule has 0 radical (unpaired) electrons. The van der Waals surface area contributed by atoms with Crippen LogP contribution in [0, 0.1) is 5.82 Å². The molecule has 0 aliphatic carbocycles. The zero-order valence-corrected chi connectivity index (χ0v) is 11.1. The van der Waals surface area contributed by atoms with E-state index in [0.717, 1.165) is 0 Å². The minimum atomic E-state index is -1.80. The van der Waals surface area contributed by atoms with Gasteiger partial charge in [0, 0.05) is 0 Å². The number of aliphatic hydroxyl groups excluding tert-OH is 1. The van der Waals surface area contributed by atoms with Crippen molar-refractivity contribution in [3.63, 3.8) is 0 Å². The van der Waals surface area contributed by atoms with Crippen molar-refractivity contribution in [2.24, 2.45) is 0 Å². The number of aromatic nitrogens is 3. The number of alkyl halides is 3. The van der Waals surface area contributed by atoms with Crippen LogP contribution in [0.5, 0.6) is 0 Å². The third-order valence-corrected chi connectivity index (χ3v) is 2.77. The Balaban J connectivity index is 2.58. The van der Waals surface area contributed by atoms with Gasteiger partial charge in [0.2, 0.25) is 3.79 Å². The van der Waals surface area contributed by atoms with E-state index in [-0.39, 0.29) is 11.4 Å². The molecule has 8 heteroatoms. The molecule has 0 unspecified atom stereocenters. The monoisotopic (exact) mass is 309 g/mol. The second-order valence-electron chi connectivity index (χ2n) is 3.43. The second kappa shape index (κ2) is 5.01. The molecule has 0 aliphatic heterocycles. The van der Waals surface area contributed by atoms with Crippen LogP contribution in [0.25, 0.3) is 5.69 Å². The van der Waals surface area contributed by atoms with Crippen LogP contribution in [-0.2, 0) is 10.4 Å². The molecule has 0 saturated heterocycles. The Morgan fingerprint density at radius 2 is 1.83 bits per heavy atom. The molecule has 0 spiro atoms. The quantitative estimate of drug-likeness (QED) is 0.868. The van der Waals surface area contributed by atoms with Crippen molar-refractivity contribution < 1.29 is 9.50 Å². The molecule has 0 atom stereocenters. The highest BCUT2D eigenvalue weighted by molar-refractivity contribution is 6.66. The van der Waals surface area contributed by atoms with Gasteiger partial charge >= 0.3 is 0 Å². The summed E-state index contributed by atoms with van der Waals surface area (Å²) in [5.41, 5.74) is 0.755. The molecule has 1 N–H and O–H groups in total. The van der Waals surface area contributed by atoms with Gasteiger partial charge in [-0.25, -0.2) is 9.07 Å². The molecule has 18 heavy (non-hydrogen) atoms. The molecule has 96 valence electrons. The number of halogens is 4. The van der Waals surface area contributed by atoms with Crippen LogP contribution in [0.15, 0.2) is 24.3 Å². The average molecular weight is 311 g/mol. The Kier molecular flexibility index (Phi) is 3.77. The van der Waals surface area contributed by atoms with E-state index >= 15 is 0 Å². The smallest absolute Gasteiger partial charge is 0.234 e. The summed E-state index contributed by atoms with van der Waals surface area (Å²) >= 11 is 17.4. The van der Waals surface area contributed by atoms with Crippen molar-refractivity contribution in [2.75, 3.05) is 0 Å². The average Bonchev–Trinajstić information content (AvgIpc) is 2.73. The van der Waals surface area contributed by atoms with Gasteiger partial charge in [-0.1, -0.05) is 40.0 Å². The van der Waals surface area contributed by atoms with Crippen molar-refractivity contribution in [3.8, 4) is 5.69 Å². The molecule has 0 fully saturated rings. The molecule has 0 saturated carbocycles. The summed E-state index contributed by atoms with van der Waals surface area (Å²) in [4.78, 5) is 0. The molecule has 2 aromatic rings. The molecule has 1 heterocycles. The molecule has 2 rings (SSSR count). The normalized spacial score (nSPS) is 11.8. The summed E-state index contributed by atoms with van der Waals surface area (Å²) < 4.78 is 12.3. The fourth-order valence-corrected chi connectivity index (χ4v) is 2.03. The lowest BCUT2D eigenvalue weighted by molar-refractivity contribution is 0.275. The molecule has 0 amide bonds. The summed E-state index contributed by atoms with van der Waals surface area (Å²) in [6.07, 6.45) is 0. The number of aliphatic hydroxyl groups is 1. The molecule has 1 aromatic heterocycles. The number of nitrogens with zero attached hydrogens (tertiary/aromatic N) is 3. The van der Waals surface area contributed by atoms with Crippen LogP contribution < -0.4 is 0 Å². The highest BCUT2D eigenvalue weighted by atomic mass is 35.6. The first-order valence-electron chi connectivity index (χ1n) is 4.82. The largest absolute Gasteiger partial charge is 0.390 e. The van der Waals surface area contributed by atoms with Crippen LogP contribution >= 0.6 is 34.8 Å². The first-order valence-corrected chi connectivity index (χ1v) is 5.95. The fraction of sp³-hybridized carbons (Fsp3) is 0.200. The predicted octanol–water partition coefficient (Wildman–Crippen LogP) is 2.73. The number of hydrogen-bond donors (Lipinski definition) is 1. The van der Waals surface area contributed by atoms with Gasteiger partial charge < -0.3 is 5.11 Å². The third kappa shape index (κ3) is 2.59. The molecule has 4 nitrogen and oxygen atoms in total. The van der Waals surface area contributed by atoms with Gasteiger partial charge in [-0.2, -0.15) is 0 Å². The number of rotatable bonds is 2. The van der Waals surface area contributed by atoms with E-state index in [0.29, 0.717) is 5.69 Å². The maximum absolute atomic E-state index is 12.8. The number of benzene rings is 1. The van der Waals surface area contributed by atoms with E-state index in [2.05, 4.69) is 10.3 Å². The van der Waals surface area contributed by atoms with Crippen LogP contribution in [0.1, 0.15) is 11.4 Å². The van der Waals surface area contributed by atoms with Crippen LogP contribution in [0.4, 0.5) is 4.39 Å². The molecular formula is C10H7Cl3FN3O. The Bertz CT molecular complexity index is 550. The number of hydrogen-bond acceptors (Lipinski definition) is 3. The highest BCUT2D eigenvalue weighted by Gasteiger charge is 2.32. The summed E-state index contributed by atoms with van der Waals surface area (Å²) in [5.74, 6) is -0.392. The van der Waals surface area contributed by atoms with Crippen molar-refractivity contribution in [3.05, 3.63) is 41.5 Å². The summed E-state index contributed by atoms with van der Waals surface area (Å²) in [5, 5.41) is 16.6. The Morgan fingerprint density at radius 3 is 2.33 bits per heavy atom. The van der Waals surface area contributed by atoms with E-state index in [1.165, 1.54) is 28.9 Å². The summed E-state index contributed by atoms with van der Waals surface area (Å²) in [7, 11) is 0. The van der Waals surface area contributed by atoms with E-state index in [1.807, 2.05) is 0 Å². The van der Waals surface area contributed by atoms with Crippen molar-refractivity contribution in [2.45, 2.75) is 10.4 Å². The van der Waals surface area contributed by atoms with Gasteiger partial charge in [0.05, 0.1) is 12.3 Å². The van der Waals surface area contributed by atoms with E-state index < -0.39 is 16.2 Å². The van der Waals surface area contributed by atoms with Crippen LogP contribution in [0.3, 0.4) is 0 Å². The second-order valence-corrected chi connectivity index (χ2v) is 5.71. The van der Waals surface area contributed by atoms with E-state index in [1.54, 1.807) is 0 Å². The maximum Gasteiger partial charge on any atom is 0.234 e. The van der Waals surface area contributed by atoms with Gasteiger partial charge in [-0.05, 0) is 24.3 Å². The molecule has 1 aromatic carbocycles. The van der Waals surface area contributed by atoms with E-state index in [9.17, 15) is 4.39 Å². The van der Waals surface area contributed by atoms with Gasteiger partial charge in [0.1, 0.15) is 17.2 Å². The van der Waals surface area contributed by atoms with Crippen LogP contribution in [0.2, 0.25) is 0 Å². The first-order chi connectivity index (χ1) is 8.43. The Hall–Kier alpha value is -0.880. The lowest BCUT2D eigenvalue weighted by Crippen LogP contribution is -2.12. The standard InChI is InChI=1S/C10H7Cl3FN3O/c11-10(12,13)9-8(5-18)15-16-17(9)7-3-1-6(14)2-4-7/h1-4,18H,5H2. The minimum absolute atomic E-state index is 0.126. The third-order valence-electron chi connectivity index (χ3n) is 2.23. The molecule has 0 bridgehead atoms. The molecule has 0 aliphatic rings. The summed E-state index contributed by atoms with van der Waals surface area (Å²) in [6.45, 7) is -0.412. The predicted molar refractivity (Wildman–Crippen MR) is 66.5 cm³/mol. The van der Waals surface area contributed by atoms with Crippen molar-refractivity contribution >= 4 is 34.8 Å². The topological polar surface area (TPSA) is 50.9 Å². The molecular weight excluding hydrogens is 303 g/mol. The zero-order chi connectivity index (χ0) is 13.3. The van der Waals surface area contributed by atoms with Crippen LogP contribution in [-0.4, -0.2) is 20.1 Å². The first kappa shape index (κ1) is 13.5. The highest BCUT2D eigenvalue weighted by Crippen LogP contribution is 2.40. The zero-order valence-electron chi connectivity index (χ0n) is 8.82. The lowest BCUT2D eigenvalue weighted by atomic mass is 10.3. The van der Waals surface area contributed by atoms with Gasteiger partial charge in [-0.15, -0.1) is 5.10 Å². The Labute approximate surface area is 117 Å². The van der Waals surface area contributed by atoms with Crippen molar-refractivity contribution in [1.29, 1.82) is 0 Å². The summed E-state index contributed by atoms with van der Waals surface area (Å²) in [6, 6.07) is 5.42. The van der Waals surface area contributed by atoms with Gasteiger partial charge in [0.15, 0.2) is 0 Å². The van der Waals surface area contributed by atoms with Gasteiger partial charge in [0.25, 0.3) is 0 Å². The van der Waals surface area contributed by atoms with E-state index in [4.69, 9.17) is 39.9 Å². The lowest BCUT2D eigenvalue weighted by Gasteiger charge is -2.14. The van der Waals surface area contributed by atoms with Crippen molar-refractivity contribution in [1.82, 2.24) is 15.0 Å². The Morgan fingerprint density at radius 1 is 1.22 bits per heavy atom. The minimum Gasteiger partial charge on any atom is -0.390 e. The fourth-order valence-electron chi connectivity index (χ4n) is 1.47. The van der Waals surface area contributed by atoms with Gasteiger partial charge in [-0.3, -0.25) is 0 Å².